The third-order valence-corrected chi connectivity index (χ3v) is 18.9. The summed E-state index contributed by atoms with van der Waals surface area (Å²) in [7, 11) is -5.45. The van der Waals surface area contributed by atoms with E-state index in [1.807, 2.05) is 0 Å². The summed E-state index contributed by atoms with van der Waals surface area (Å²) in [5.41, 5.74) is 7.08. The molecule has 0 aromatic carbocycles. The number of rotatable bonds is 6. The van der Waals surface area contributed by atoms with Crippen molar-refractivity contribution < 1.29 is 17.7 Å². The molecule has 0 amide bonds. The first-order valence-corrected chi connectivity index (χ1v) is 18.0. The molecule has 202 valence electrons. The quantitative estimate of drug-likeness (QED) is 0.502. The van der Waals surface area contributed by atoms with Crippen molar-refractivity contribution >= 4 is 46.0 Å². The fraction of sp³-hybridized carbons (Fsp3) is 0.783. The van der Waals surface area contributed by atoms with E-state index in [-0.39, 0.29) is 56.6 Å². The molecule has 4 rings (SSSR count). The van der Waals surface area contributed by atoms with Gasteiger partial charge in [-0.25, -0.2) is 4.98 Å². The third kappa shape index (κ3) is 4.39. The van der Waals surface area contributed by atoms with Gasteiger partial charge in [0.15, 0.2) is 17.4 Å². The molecule has 0 saturated carbocycles. The Morgan fingerprint density at radius 2 is 1.69 bits per heavy atom. The lowest BCUT2D eigenvalue weighted by Gasteiger charge is -2.51. The van der Waals surface area contributed by atoms with E-state index in [1.54, 1.807) is 22.7 Å². The van der Waals surface area contributed by atoms with E-state index in [2.05, 4.69) is 76.6 Å². The van der Waals surface area contributed by atoms with Gasteiger partial charge in [-0.2, -0.15) is 16.7 Å². The number of ether oxygens (including phenoxy) is 1. The van der Waals surface area contributed by atoms with Gasteiger partial charge in [-0.15, -0.1) is 0 Å². The largest absolute Gasteiger partial charge is 0.414 e. The maximum Gasteiger partial charge on any atom is 0.335 e. The SMILES string of the molecule is CS[C@@H]1[C@@H]2O[Si](C(C)C)(C(C)C)O[Si](C(C)C)(C(C)C)OC[C@H]2O[C@H]1n1cnc2c(=O)[nH]c(N)nc21. The summed E-state index contributed by atoms with van der Waals surface area (Å²) >= 11 is 1.67. The Morgan fingerprint density at radius 1 is 1.08 bits per heavy atom. The fourth-order valence-electron chi connectivity index (χ4n) is 5.73. The Labute approximate surface area is 219 Å². The molecule has 4 atom stereocenters. The van der Waals surface area contributed by atoms with Crippen molar-refractivity contribution in [2.45, 2.75) is 101 Å². The maximum absolute atomic E-state index is 12.4. The van der Waals surface area contributed by atoms with Crippen LogP contribution in [0.25, 0.3) is 11.2 Å². The second kappa shape index (κ2) is 10.2. The van der Waals surface area contributed by atoms with Crippen LogP contribution in [0, 0.1) is 0 Å². The summed E-state index contributed by atoms with van der Waals surface area (Å²) in [5, 5.41) is -0.0847. The fourth-order valence-corrected chi connectivity index (χ4v) is 18.0. The zero-order valence-corrected chi connectivity index (χ0v) is 25.6. The van der Waals surface area contributed by atoms with Gasteiger partial charge in [-0.3, -0.25) is 14.3 Å². The number of nitrogen functional groups attached to an aromatic ring is 1. The van der Waals surface area contributed by atoms with Crippen molar-refractivity contribution in [3.05, 3.63) is 16.7 Å². The van der Waals surface area contributed by atoms with Crippen molar-refractivity contribution in [2.75, 3.05) is 18.6 Å². The lowest BCUT2D eigenvalue weighted by molar-refractivity contribution is -0.0544. The van der Waals surface area contributed by atoms with Crippen molar-refractivity contribution in [1.29, 1.82) is 0 Å². The van der Waals surface area contributed by atoms with E-state index in [9.17, 15) is 4.79 Å². The highest BCUT2D eigenvalue weighted by molar-refractivity contribution is 7.99. The third-order valence-electron chi connectivity index (χ3n) is 7.61. The van der Waals surface area contributed by atoms with Crippen LogP contribution < -0.4 is 11.3 Å². The molecule has 3 N–H and O–H groups in total. The number of aromatic amines is 1. The van der Waals surface area contributed by atoms with E-state index in [0.717, 1.165) is 0 Å². The monoisotopic (exact) mass is 555 g/mol. The average Bonchev–Trinajstić information content (AvgIpc) is 3.33. The molecule has 2 fully saturated rings. The highest BCUT2D eigenvalue weighted by Crippen LogP contribution is 2.50. The second-order valence-corrected chi connectivity index (χ2v) is 21.0. The van der Waals surface area contributed by atoms with Gasteiger partial charge in [-0.05, 0) is 28.4 Å². The van der Waals surface area contributed by atoms with Crippen molar-refractivity contribution in [3.8, 4) is 0 Å². The number of nitrogens with zero attached hydrogens (tertiary/aromatic N) is 3. The number of hydrogen-bond acceptors (Lipinski definition) is 9. The Bertz CT molecular complexity index is 1120. The number of hydrogen-bond donors (Lipinski definition) is 2. The molecule has 0 spiro atoms. The Balaban J connectivity index is 1.82. The van der Waals surface area contributed by atoms with Crippen LogP contribution in [0.15, 0.2) is 11.1 Å². The number of nitrogens with two attached hydrogens (primary N) is 1. The van der Waals surface area contributed by atoms with Crippen molar-refractivity contribution in [2.24, 2.45) is 0 Å². The first-order chi connectivity index (χ1) is 16.9. The normalized spacial score (nSPS) is 28.2. The average molecular weight is 556 g/mol. The molecular weight excluding hydrogens is 515 g/mol. The molecule has 0 radical (unpaired) electrons. The van der Waals surface area contributed by atoms with Gasteiger partial charge in [0.05, 0.1) is 24.3 Å². The minimum Gasteiger partial charge on any atom is -0.414 e. The molecule has 0 unspecified atom stereocenters. The van der Waals surface area contributed by atoms with E-state index in [1.165, 1.54) is 0 Å². The minimum atomic E-state index is -2.78. The molecule has 13 heteroatoms. The molecule has 0 aliphatic carbocycles. The van der Waals surface area contributed by atoms with E-state index >= 15 is 0 Å². The number of aromatic nitrogens is 4. The molecule has 2 aliphatic heterocycles. The highest BCUT2D eigenvalue weighted by atomic mass is 32.2. The number of thioether (sulfide) groups is 1. The van der Waals surface area contributed by atoms with Crippen molar-refractivity contribution in [3.63, 3.8) is 0 Å². The van der Waals surface area contributed by atoms with E-state index < -0.39 is 23.3 Å². The Morgan fingerprint density at radius 3 is 2.25 bits per heavy atom. The first-order valence-electron chi connectivity index (χ1n) is 12.8. The lowest BCUT2D eigenvalue weighted by atomic mass is 10.2. The van der Waals surface area contributed by atoms with Crippen molar-refractivity contribution in [1.82, 2.24) is 19.5 Å². The van der Waals surface area contributed by atoms with Gasteiger partial charge in [0.25, 0.3) is 5.56 Å². The molecule has 2 aromatic rings. The maximum atomic E-state index is 12.4. The molecule has 4 heterocycles. The topological polar surface area (TPSA) is 127 Å². The van der Waals surface area contributed by atoms with Crippen LogP contribution in [-0.2, 0) is 17.7 Å². The number of H-pyrrole nitrogens is 1. The van der Waals surface area contributed by atoms with E-state index in [0.29, 0.717) is 12.3 Å². The smallest absolute Gasteiger partial charge is 0.335 e. The standard InChI is InChI=1S/C23H41N5O5SSi2/c1-12(2)35(13(3)4)30-10-16-18(32-36(33-35,14(5)6)15(7)8)19(34-9)22(31-16)28-11-25-17-20(28)26-23(24)27-21(17)29/h11-16,18-19,22H,10H2,1-9H3,(H3,24,26,27,29)/t16-,18-,19-,22-/m1/s1. The predicted octanol–water partition coefficient (Wildman–Crippen LogP) is 4.29. The van der Waals surface area contributed by atoms with Gasteiger partial charge in [0.1, 0.15) is 6.10 Å². The van der Waals surface area contributed by atoms with Crippen LogP contribution in [-0.4, -0.2) is 67.0 Å². The highest BCUT2D eigenvalue weighted by Gasteiger charge is 2.61. The zero-order valence-electron chi connectivity index (χ0n) is 22.8. The summed E-state index contributed by atoms with van der Waals surface area (Å²) < 4.78 is 29.9. The minimum absolute atomic E-state index is 0.0441. The molecule has 10 nitrogen and oxygen atoms in total. The molecule has 2 saturated heterocycles. The Hall–Kier alpha value is -1.23. The number of imidazole rings is 1. The van der Waals surface area contributed by atoms with Crippen LogP contribution in [0.4, 0.5) is 5.95 Å². The van der Waals surface area contributed by atoms with Gasteiger partial charge < -0.3 is 23.4 Å². The summed E-state index contributed by atoms with van der Waals surface area (Å²) in [6.45, 7) is 18.1. The molecular formula is C23H41N5O5SSi2. The molecule has 2 aliphatic rings. The van der Waals surface area contributed by atoms with Gasteiger partial charge in [-0.1, -0.05) is 55.4 Å². The number of anilines is 1. The predicted molar refractivity (Wildman–Crippen MR) is 148 cm³/mol. The summed E-state index contributed by atoms with van der Waals surface area (Å²) in [6.07, 6.45) is 2.67. The summed E-state index contributed by atoms with van der Waals surface area (Å²) in [4.78, 5) is 23.6. The zero-order chi connectivity index (χ0) is 26.6. The molecule has 0 bridgehead atoms. The van der Waals surface area contributed by atoms with Crippen LogP contribution in [0.1, 0.15) is 61.6 Å². The van der Waals surface area contributed by atoms with Crippen LogP contribution in [0.3, 0.4) is 0 Å². The second-order valence-electron chi connectivity index (χ2n) is 11.1. The van der Waals surface area contributed by atoms with Crippen LogP contribution in [0.5, 0.6) is 0 Å². The summed E-state index contributed by atoms with van der Waals surface area (Å²) in [6, 6.07) is 0. The van der Waals surface area contributed by atoms with Crippen LogP contribution in [0.2, 0.25) is 22.2 Å². The molecule has 2 aromatic heterocycles. The van der Waals surface area contributed by atoms with Gasteiger partial charge >= 0.3 is 17.1 Å². The first kappa shape index (κ1) is 27.8. The Kier molecular flexibility index (Phi) is 7.84. The van der Waals surface area contributed by atoms with Gasteiger partial charge in [0, 0.05) is 0 Å². The van der Waals surface area contributed by atoms with Crippen LogP contribution >= 0.6 is 11.8 Å². The van der Waals surface area contributed by atoms with Gasteiger partial charge in [0.2, 0.25) is 5.95 Å². The lowest BCUT2D eigenvalue weighted by Crippen LogP contribution is -2.65. The molecule has 36 heavy (non-hydrogen) atoms. The van der Waals surface area contributed by atoms with E-state index in [4.69, 9.17) is 23.4 Å². The summed E-state index contributed by atoms with van der Waals surface area (Å²) in [5.74, 6) is 0.0441. The number of fused-ring (bicyclic) bond motifs is 2. The number of nitrogens with one attached hydrogen (secondary N) is 1.